The molecule has 1 unspecified atom stereocenters. The predicted molar refractivity (Wildman–Crippen MR) is 126 cm³/mol. The number of carbonyl (C=O) groups excluding carboxylic acids is 2. The number of pyridine rings is 1. The predicted octanol–water partition coefficient (Wildman–Crippen LogP) is 3.68. The first-order valence-corrected chi connectivity index (χ1v) is 11.6. The summed E-state index contributed by atoms with van der Waals surface area (Å²) in [6.07, 6.45) is 5.71. The minimum Gasteiger partial charge on any atom is -0.363 e. The smallest absolute Gasteiger partial charge is 0.229 e. The molecule has 6 heteroatoms. The number of hydrogen-bond donors (Lipinski definition) is 0. The highest BCUT2D eigenvalue weighted by Gasteiger charge is 2.43. The molecule has 2 amide bonds. The second-order valence-corrected chi connectivity index (χ2v) is 9.60. The quantitative estimate of drug-likeness (QED) is 0.720. The number of carbonyl (C=O) groups is 2. The van der Waals surface area contributed by atoms with Gasteiger partial charge in [-0.25, -0.2) is 4.98 Å². The molecule has 0 aliphatic carbocycles. The number of anilines is 1. The molecule has 4 rings (SSSR count). The Balaban J connectivity index is 1.41. The van der Waals surface area contributed by atoms with Gasteiger partial charge in [0.05, 0.1) is 12.5 Å². The molecule has 170 valence electrons. The van der Waals surface area contributed by atoms with Crippen molar-refractivity contribution < 1.29 is 9.59 Å². The molecule has 2 aromatic rings. The summed E-state index contributed by atoms with van der Waals surface area (Å²) < 4.78 is 0. The summed E-state index contributed by atoms with van der Waals surface area (Å²) in [7, 11) is 3.97. The van der Waals surface area contributed by atoms with Gasteiger partial charge >= 0.3 is 0 Å². The van der Waals surface area contributed by atoms with E-state index in [4.69, 9.17) is 0 Å². The average Bonchev–Trinajstić information content (AvgIpc) is 3.29. The fourth-order valence-electron chi connectivity index (χ4n) is 4.93. The number of likely N-dealkylation sites (tertiary alicyclic amines) is 2. The van der Waals surface area contributed by atoms with Gasteiger partial charge in [0.25, 0.3) is 0 Å². The first-order chi connectivity index (χ1) is 15.4. The summed E-state index contributed by atoms with van der Waals surface area (Å²) in [4.78, 5) is 36.9. The maximum absolute atomic E-state index is 13.7. The summed E-state index contributed by atoms with van der Waals surface area (Å²) >= 11 is 0. The van der Waals surface area contributed by atoms with E-state index in [0.29, 0.717) is 19.5 Å². The highest BCUT2D eigenvalue weighted by Crippen LogP contribution is 2.40. The summed E-state index contributed by atoms with van der Waals surface area (Å²) in [5.74, 6) is 1.30. The van der Waals surface area contributed by atoms with Gasteiger partial charge in [-0.1, -0.05) is 37.3 Å². The van der Waals surface area contributed by atoms with Crippen molar-refractivity contribution in [3.63, 3.8) is 0 Å². The van der Waals surface area contributed by atoms with Gasteiger partial charge < -0.3 is 14.7 Å². The number of piperidine rings is 1. The van der Waals surface area contributed by atoms with Crippen LogP contribution in [-0.2, 0) is 16.0 Å². The van der Waals surface area contributed by atoms with E-state index in [-0.39, 0.29) is 17.9 Å². The van der Waals surface area contributed by atoms with Gasteiger partial charge in [0, 0.05) is 45.3 Å². The normalized spacial score (nSPS) is 20.3. The molecule has 0 N–H and O–H groups in total. The molecule has 2 saturated heterocycles. The largest absolute Gasteiger partial charge is 0.363 e. The molecule has 0 radical (unpaired) electrons. The van der Waals surface area contributed by atoms with Gasteiger partial charge in [-0.05, 0) is 48.9 Å². The van der Waals surface area contributed by atoms with Crippen LogP contribution in [0.1, 0.15) is 49.8 Å². The van der Waals surface area contributed by atoms with Crippen molar-refractivity contribution in [1.82, 2.24) is 14.8 Å². The number of hydrogen-bond acceptors (Lipinski definition) is 4. The van der Waals surface area contributed by atoms with Gasteiger partial charge in [-0.3, -0.25) is 9.59 Å². The third kappa shape index (κ3) is 4.64. The zero-order chi connectivity index (χ0) is 22.7. The van der Waals surface area contributed by atoms with Crippen molar-refractivity contribution in [2.24, 2.45) is 5.41 Å². The van der Waals surface area contributed by atoms with Crippen LogP contribution in [0.2, 0.25) is 0 Å². The Morgan fingerprint density at radius 3 is 2.50 bits per heavy atom. The van der Waals surface area contributed by atoms with E-state index in [2.05, 4.69) is 22.9 Å². The highest BCUT2D eigenvalue weighted by molar-refractivity contribution is 5.84. The molecule has 1 aromatic heterocycles. The van der Waals surface area contributed by atoms with E-state index >= 15 is 0 Å². The molecule has 32 heavy (non-hydrogen) atoms. The van der Waals surface area contributed by atoms with Crippen LogP contribution in [0.5, 0.6) is 0 Å². The number of rotatable bonds is 5. The SMILES string of the molecule is CN(C)c1cc(C2CCCN2C(=O)C2(C)CCN(C(=O)Cc3ccccc3)CC2)ccn1. The number of benzene rings is 1. The number of nitrogens with zero attached hydrogens (tertiary/aromatic N) is 4. The van der Waals surface area contributed by atoms with Gasteiger partial charge in [0.2, 0.25) is 11.8 Å². The lowest BCUT2D eigenvalue weighted by Gasteiger charge is -2.41. The second kappa shape index (κ2) is 9.31. The van der Waals surface area contributed by atoms with Crippen LogP contribution in [-0.4, -0.2) is 60.3 Å². The van der Waals surface area contributed by atoms with Gasteiger partial charge in [0.15, 0.2) is 0 Å². The van der Waals surface area contributed by atoms with Crippen molar-refractivity contribution in [2.45, 2.75) is 45.1 Å². The van der Waals surface area contributed by atoms with E-state index in [9.17, 15) is 9.59 Å². The van der Waals surface area contributed by atoms with Gasteiger partial charge in [-0.15, -0.1) is 0 Å². The number of amides is 2. The van der Waals surface area contributed by atoms with Crippen LogP contribution < -0.4 is 4.90 Å². The third-order valence-corrected chi connectivity index (χ3v) is 7.06. The highest BCUT2D eigenvalue weighted by atomic mass is 16.2. The van der Waals surface area contributed by atoms with E-state index in [1.54, 1.807) is 0 Å². The van der Waals surface area contributed by atoms with E-state index in [1.807, 2.05) is 66.5 Å². The maximum Gasteiger partial charge on any atom is 0.229 e. The Morgan fingerprint density at radius 2 is 1.81 bits per heavy atom. The van der Waals surface area contributed by atoms with Gasteiger partial charge in [0.1, 0.15) is 5.82 Å². The van der Waals surface area contributed by atoms with E-state index in [0.717, 1.165) is 49.2 Å². The molecular formula is C26H34N4O2. The van der Waals surface area contributed by atoms with Crippen molar-refractivity contribution in [1.29, 1.82) is 0 Å². The average molecular weight is 435 g/mol. The standard InChI is InChI=1S/C26H34N4O2/c1-26(12-16-29(17-13-26)24(31)18-20-8-5-4-6-9-20)25(32)30-15-7-10-22(30)21-11-14-27-23(19-21)28(2)3/h4-6,8-9,11,14,19,22H,7,10,12-13,15-18H2,1-3H3. The lowest BCUT2D eigenvalue weighted by atomic mass is 9.78. The summed E-state index contributed by atoms with van der Waals surface area (Å²) in [5, 5.41) is 0. The second-order valence-electron chi connectivity index (χ2n) is 9.60. The molecule has 1 aromatic carbocycles. The fourth-order valence-corrected chi connectivity index (χ4v) is 4.93. The molecule has 0 spiro atoms. The summed E-state index contributed by atoms with van der Waals surface area (Å²) in [6, 6.07) is 14.1. The fraction of sp³-hybridized carbons (Fsp3) is 0.500. The van der Waals surface area contributed by atoms with E-state index in [1.165, 1.54) is 0 Å². The summed E-state index contributed by atoms with van der Waals surface area (Å²) in [6.45, 7) is 4.18. The van der Waals surface area contributed by atoms with Crippen molar-refractivity contribution in [2.75, 3.05) is 38.6 Å². The van der Waals surface area contributed by atoms with Crippen LogP contribution in [0, 0.1) is 5.41 Å². The molecule has 3 heterocycles. The minimum absolute atomic E-state index is 0.110. The molecule has 0 bridgehead atoms. The zero-order valence-corrected chi connectivity index (χ0v) is 19.5. The van der Waals surface area contributed by atoms with E-state index < -0.39 is 5.41 Å². The molecule has 2 fully saturated rings. The molecule has 2 aliphatic heterocycles. The zero-order valence-electron chi connectivity index (χ0n) is 19.5. The lowest BCUT2D eigenvalue weighted by molar-refractivity contribution is -0.148. The lowest BCUT2D eigenvalue weighted by Crippen LogP contribution is -2.50. The Bertz CT molecular complexity index is 951. The van der Waals surface area contributed by atoms with Crippen LogP contribution in [0.4, 0.5) is 5.82 Å². The van der Waals surface area contributed by atoms with Crippen LogP contribution in [0.25, 0.3) is 0 Å². The Labute approximate surface area is 191 Å². The minimum atomic E-state index is -0.413. The van der Waals surface area contributed by atoms with Crippen LogP contribution in [0.15, 0.2) is 48.7 Å². The molecule has 2 aliphatic rings. The Hall–Kier alpha value is -2.89. The summed E-state index contributed by atoms with van der Waals surface area (Å²) in [5.41, 5.74) is 1.79. The first-order valence-electron chi connectivity index (χ1n) is 11.6. The Morgan fingerprint density at radius 1 is 1.09 bits per heavy atom. The van der Waals surface area contributed by atoms with Gasteiger partial charge in [-0.2, -0.15) is 0 Å². The molecule has 1 atom stereocenters. The number of aromatic nitrogens is 1. The topological polar surface area (TPSA) is 56.8 Å². The molecule has 6 nitrogen and oxygen atoms in total. The Kier molecular flexibility index (Phi) is 6.49. The third-order valence-electron chi connectivity index (χ3n) is 7.06. The first kappa shape index (κ1) is 22.3. The van der Waals surface area contributed by atoms with Crippen molar-refractivity contribution in [3.8, 4) is 0 Å². The van der Waals surface area contributed by atoms with Crippen LogP contribution in [0.3, 0.4) is 0 Å². The monoisotopic (exact) mass is 434 g/mol. The van der Waals surface area contributed by atoms with Crippen LogP contribution >= 0.6 is 0 Å². The molecular weight excluding hydrogens is 400 g/mol. The molecule has 0 saturated carbocycles. The van der Waals surface area contributed by atoms with Crippen molar-refractivity contribution in [3.05, 3.63) is 59.8 Å². The van der Waals surface area contributed by atoms with Crippen molar-refractivity contribution >= 4 is 17.6 Å². The maximum atomic E-state index is 13.7.